The summed E-state index contributed by atoms with van der Waals surface area (Å²) in [5, 5.41) is 12.6. The van der Waals surface area contributed by atoms with Gasteiger partial charge in [0.15, 0.2) is 5.96 Å². The second kappa shape index (κ2) is 8.01. The lowest BCUT2D eigenvalue weighted by Gasteiger charge is -2.31. The number of ether oxygens (including phenoxy) is 1. The summed E-state index contributed by atoms with van der Waals surface area (Å²) >= 11 is 0. The van der Waals surface area contributed by atoms with E-state index in [2.05, 4.69) is 15.1 Å². The van der Waals surface area contributed by atoms with Gasteiger partial charge >= 0.3 is 0 Å². The summed E-state index contributed by atoms with van der Waals surface area (Å²) in [6.45, 7) is 5.27. The van der Waals surface area contributed by atoms with Gasteiger partial charge in [-0.3, -0.25) is 4.99 Å². The lowest BCUT2D eigenvalue weighted by atomic mass is 10.3. The molecule has 0 aromatic carbocycles. The summed E-state index contributed by atoms with van der Waals surface area (Å²) in [5.41, 5.74) is 5.93. The molecule has 8 nitrogen and oxygen atoms in total. The van der Waals surface area contributed by atoms with Crippen molar-refractivity contribution < 1.29 is 4.74 Å². The van der Waals surface area contributed by atoms with E-state index in [0.29, 0.717) is 25.7 Å². The van der Waals surface area contributed by atoms with Crippen molar-refractivity contribution in [2.45, 2.75) is 19.6 Å². The van der Waals surface area contributed by atoms with Gasteiger partial charge in [-0.1, -0.05) is 0 Å². The zero-order valence-electron chi connectivity index (χ0n) is 11.3. The number of halogens is 1. The van der Waals surface area contributed by atoms with Gasteiger partial charge in [-0.25, -0.2) is 9.67 Å². The number of nitrogens with zero attached hydrogens (tertiary/aromatic N) is 6. The number of aliphatic imine (C=N–C) groups is 1. The van der Waals surface area contributed by atoms with Crippen molar-refractivity contribution in [2.75, 3.05) is 26.2 Å². The second-order valence-corrected chi connectivity index (χ2v) is 4.31. The van der Waals surface area contributed by atoms with Gasteiger partial charge in [0.05, 0.1) is 25.8 Å². The Kier molecular flexibility index (Phi) is 6.66. The molecule has 1 atom stereocenters. The maximum Gasteiger partial charge on any atom is 0.252 e. The van der Waals surface area contributed by atoms with E-state index in [1.54, 1.807) is 4.68 Å². The summed E-state index contributed by atoms with van der Waals surface area (Å²) in [7, 11) is 0. The van der Waals surface area contributed by atoms with Gasteiger partial charge in [-0.05, 0) is 6.92 Å². The fraction of sp³-hybridized carbons (Fsp3) is 0.636. The highest BCUT2D eigenvalue weighted by Gasteiger charge is 2.17. The lowest BCUT2D eigenvalue weighted by Crippen LogP contribution is -2.48. The Hall–Kier alpha value is -1.41. The van der Waals surface area contributed by atoms with Crippen molar-refractivity contribution in [2.24, 2.45) is 10.7 Å². The molecule has 1 fully saturated rings. The average molecular weight is 391 g/mol. The summed E-state index contributed by atoms with van der Waals surface area (Å²) in [6, 6.07) is 1.88. The number of hydrogen-bond donors (Lipinski definition) is 1. The molecule has 0 bridgehead atoms. The van der Waals surface area contributed by atoms with Crippen LogP contribution >= 0.6 is 24.0 Å². The molecular formula is C11H18IN7O. The molecule has 0 spiro atoms. The van der Waals surface area contributed by atoms with Gasteiger partial charge in [0.1, 0.15) is 12.4 Å². The average Bonchev–Trinajstić information content (AvgIpc) is 2.86. The van der Waals surface area contributed by atoms with Crippen LogP contribution in [0.3, 0.4) is 0 Å². The lowest BCUT2D eigenvalue weighted by molar-refractivity contribution is 0.00529. The monoisotopic (exact) mass is 391 g/mol. The number of nitriles is 1. The van der Waals surface area contributed by atoms with Gasteiger partial charge in [0.25, 0.3) is 5.82 Å². The van der Waals surface area contributed by atoms with E-state index in [1.165, 1.54) is 6.33 Å². The van der Waals surface area contributed by atoms with Crippen LogP contribution in [0.15, 0.2) is 11.3 Å². The molecule has 20 heavy (non-hydrogen) atoms. The number of rotatable bonds is 3. The van der Waals surface area contributed by atoms with E-state index in [0.717, 1.165) is 13.1 Å². The topological polar surface area (TPSA) is 105 Å². The van der Waals surface area contributed by atoms with Gasteiger partial charge in [-0.2, -0.15) is 5.26 Å². The Morgan fingerprint density at radius 1 is 1.70 bits per heavy atom. The molecule has 2 N–H and O–H groups in total. The van der Waals surface area contributed by atoms with E-state index in [1.807, 2.05) is 17.9 Å². The summed E-state index contributed by atoms with van der Waals surface area (Å²) in [6.07, 6.45) is 1.69. The third-order valence-electron chi connectivity index (χ3n) is 2.80. The van der Waals surface area contributed by atoms with Gasteiger partial charge in [-0.15, -0.1) is 29.1 Å². The molecule has 0 radical (unpaired) electrons. The van der Waals surface area contributed by atoms with Crippen molar-refractivity contribution in [3.05, 3.63) is 12.2 Å². The van der Waals surface area contributed by atoms with Crippen LogP contribution in [0.25, 0.3) is 0 Å². The molecule has 0 amide bonds. The van der Waals surface area contributed by atoms with Crippen molar-refractivity contribution >= 4 is 29.9 Å². The molecule has 1 aromatic rings. The minimum absolute atomic E-state index is 0. The maximum absolute atomic E-state index is 8.61. The molecule has 9 heteroatoms. The number of morpholine rings is 1. The Morgan fingerprint density at radius 2 is 2.50 bits per heavy atom. The molecule has 0 aliphatic carbocycles. The SMILES string of the molecule is CC1CN(C(N)=NCCn2cnc(C#N)n2)CCO1.I. The van der Waals surface area contributed by atoms with E-state index < -0.39 is 0 Å². The molecule has 0 saturated carbocycles. The van der Waals surface area contributed by atoms with Crippen LogP contribution in [0.4, 0.5) is 0 Å². The largest absolute Gasteiger partial charge is 0.375 e. The Morgan fingerprint density at radius 3 is 3.15 bits per heavy atom. The highest BCUT2D eigenvalue weighted by atomic mass is 127. The molecule has 2 heterocycles. The van der Waals surface area contributed by atoms with Crippen LogP contribution < -0.4 is 5.73 Å². The Balaban J connectivity index is 0.00000200. The summed E-state index contributed by atoms with van der Waals surface area (Å²) in [5.74, 6) is 0.690. The molecule has 110 valence electrons. The van der Waals surface area contributed by atoms with Crippen molar-refractivity contribution in [1.29, 1.82) is 5.26 Å². The van der Waals surface area contributed by atoms with Crippen LogP contribution in [0, 0.1) is 11.3 Å². The standard InChI is InChI=1S/C11H17N7O.HI/c1-9-7-17(4-5-19-9)11(13)14-2-3-18-8-15-10(6-12)16-18;/h8-9H,2-5,7H2,1H3,(H2,13,14);1H. The van der Waals surface area contributed by atoms with Crippen LogP contribution in [0.2, 0.25) is 0 Å². The fourth-order valence-corrected chi connectivity index (χ4v) is 1.85. The predicted molar refractivity (Wildman–Crippen MR) is 83.6 cm³/mol. The minimum atomic E-state index is 0. The molecule has 2 rings (SSSR count). The van der Waals surface area contributed by atoms with Crippen molar-refractivity contribution in [3.8, 4) is 6.07 Å². The smallest absolute Gasteiger partial charge is 0.252 e. The third-order valence-corrected chi connectivity index (χ3v) is 2.80. The molecule has 1 unspecified atom stereocenters. The number of hydrogen-bond acceptors (Lipinski definition) is 5. The second-order valence-electron chi connectivity index (χ2n) is 4.31. The Bertz CT molecular complexity index is 495. The van der Waals surface area contributed by atoms with Crippen LogP contribution in [-0.4, -0.2) is 58.0 Å². The molecular weight excluding hydrogens is 373 g/mol. The van der Waals surface area contributed by atoms with E-state index >= 15 is 0 Å². The van der Waals surface area contributed by atoms with Crippen LogP contribution in [0.1, 0.15) is 12.7 Å². The van der Waals surface area contributed by atoms with Crippen LogP contribution in [0.5, 0.6) is 0 Å². The summed E-state index contributed by atoms with van der Waals surface area (Å²) in [4.78, 5) is 10.1. The first kappa shape index (κ1) is 16.6. The fourth-order valence-electron chi connectivity index (χ4n) is 1.85. The van der Waals surface area contributed by atoms with E-state index in [4.69, 9.17) is 15.7 Å². The first-order valence-corrected chi connectivity index (χ1v) is 6.15. The molecule has 1 aliphatic heterocycles. The number of aromatic nitrogens is 3. The highest BCUT2D eigenvalue weighted by Crippen LogP contribution is 2.03. The zero-order valence-corrected chi connectivity index (χ0v) is 13.6. The first-order chi connectivity index (χ1) is 9.19. The van der Waals surface area contributed by atoms with E-state index in [-0.39, 0.29) is 35.9 Å². The summed E-state index contributed by atoms with van der Waals surface area (Å²) < 4.78 is 7.02. The first-order valence-electron chi connectivity index (χ1n) is 6.15. The number of guanidine groups is 1. The quantitative estimate of drug-likeness (QED) is 0.435. The van der Waals surface area contributed by atoms with E-state index in [9.17, 15) is 0 Å². The Labute approximate surface area is 134 Å². The van der Waals surface area contributed by atoms with Crippen molar-refractivity contribution in [1.82, 2.24) is 19.7 Å². The van der Waals surface area contributed by atoms with Crippen molar-refractivity contribution in [3.63, 3.8) is 0 Å². The molecule has 1 aromatic heterocycles. The third kappa shape index (κ3) is 4.61. The van der Waals surface area contributed by atoms with Gasteiger partial charge in [0, 0.05) is 13.1 Å². The predicted octanol–water partition coefficient (Wildman–Crippen LogP) is -0.197. The molecule has 1 aliphatic rings. The molecule has 1 saturated heterocycles. The zero-order chi connectivity index (χ0) is 13.7. The van der Waals surface area contributed by atoms with Gasteiger partial charge in [0.2, 0.25) is 0 Å². The van der Waals surface area contributed by atoms with Gasteiger partial charge < -0.3 is 15.4 Å². The normalized spacial score (nSPS) is 19.3. The number of nitrogens with two attached hydrogens (primary N) is 1. The maximum atomic E-state index is 8.61. The highest BCUT2D eigenvalue weighted by molar-refractivity contribution is 14.0. The van der Waals surface area contributed by atoms with Crippen LogP contribution in [-0.2, 0) is 11.3 Å². The minimum Gasteiger partial charge on any atom is -0.375 e.